The van der Waals surface area contributed by atoms with Crippen LogP contribution in [-0.2, 0) is 11.2 Å². The van der Waals surface area contributed by atoms with Crippen molar-refractivity contribution in [2.45, 2.75) is 45.1 Å². The second-order valence-corrected chi connectivity index (χ2v) is 7.67. The molecule has 1 fully saturated rings. The highest BCUT2D eigenvalue weighted by Gasteiger charge is 2.25. The van der Waals surface area contributed by atoms with Crippen molar-refractivity contribution in [2.24, 2.45) is 11.7 Å². The van der Waals surface area contributed by atoms with Gasteiger partial charge in [0.05, 0.1) is 6.04 Å². The maximum Gasteiger partial charge on any atom is 0.239 e. The van der Waals surface area contributed by atoms with Gasteiger partial charge in [-0.15, -0.1) is 0 Å². The molecule has 1 atom stereocenters. The summed E-state index contributed by atoms with van der Waals surface area (Å²) in [6.45, 7) is 3.88. The fraction of sp³-hybridized carbons (Fsp3) is 0.632. The van der Waals surface area contributed by atoms with Crippen molar-refractivity contribution in [1.29, 1.82) is 0 Å². The van der Waals surface area contributed by atoms with E-state index in [1.807, 2.05) is 4.90 Å². The molecule has 0 spiro atoms. The molecule has 2 rings (SSSR count). The lowest BCUT2D eigenvalue weighted by Gasteiger charge is -2.33. The number of hydrogen-bond acceptors (Lipinski definition) is 3. The van der Waals surface area contributed by atoms with E-state index in [1.54, 1.807) is 11.8 Å². The zero-order valence-electron chi connectivity index (χ0n) is 14.5. The van der Waals surface area contributed by atoms with E-state index in [2.05, 4.69) is 37.4 Å². The summed E-state index contributed by atoms with van der Waals surface area (Å²) in [6.07, 6.45) is 7.44. The fourth-order valence-electron chi connectivity index (χ4n) is 3.17. The van der Waals surface area contributed by atoms with Crippen molar-refractivity contribution in [3.05, 3.63) is 35.4 Å². The third-order valence-corrected chi connectivity index (χ3v) is 5.48. The number of likely N-dealkylation sites (tertiary alicyclic amines) is 1. The van der Waals surface area contributed by atoms with Gasteiger partial charge in [-0.05, 0) is 62.5 Å². The van der Waals surface area contributed by atoms with Gasteiger partial charge in [0.15, 0.2) is 0 Å². The lowest BCUT2D eigenvalue weighted by Crippen LogP contribution is -2.47. The van der Waals surface area contributed by atoms with Gasteiger partial charge in [-0.2, -0.15) is 11.8 Å². The molecule has 4 heteroatoms. The predicted molar refractivity (Wildman–Crippen MR) is 99.8 cm³/mol. The highest BCUT2D eigenvalue weighted by molar-refractivity contribution is 7.98. The second kappa shape index (κ2) is 9.33. The average molecular weight is 335 g/mol. The summed E-state index contributed by atoms with van der Waals surface area (Å²) in [4.78, 5) is 14.3. The Hall–Kier alpha value is -1.00. The van der Waals surface area contributed by atoms with Gasteiger partial charge in [0.25, 0.3) is 0 Å². The molecule has 2 N–H and O–H groups in total. The predicted octanol–water partition coefficient (Wildman–Crippen LogP) is 3.25. The van der Waals surface area contributed by atoms with Crippen LogP contribution in [0.2, 0.25) is 0 Å². The van der Waals surface area contributed by atoms with Gasteiger partial charge < -0.3 is 10.6 Å². The van der Waals surface area contributed by atoms with E-state index < -0.39 is 0 Å². The van der Waals surface area contributed by atoms with Crippen LogP contribution in [0.25, 0.3) is 0 Å². The first-order valence-corrected chi connectivity index (χ1v) is 10.1. The Morgan fingerprint density at radius 3 is 2.57 bits per heavy atom. The molecule has 1 saturated heterocycles. The first-order chi connectivity index (χ1) is 11.1. The number of piperidine rings is 1. The van der Waals surface area contributed by atoms with E-state index in [4.69, 9.17) is 5.73 Å². The molecule has 1 amide bonds. The molecule has 1 aromatic rings. The number of rotatable bonds is 7. The second-order valence-electron chi connectivity index (χ2n) is 6.68. The minimum atomic E-state index is -0.313. The topological polar surface area (TPSA) is 46.3 Å². The minimum Gasteiger partial charge on any atom is -0.341 e. The Bertz CT molecular complexity index is 481. The minimum absolute atomic E-state index is 0.149. The number of aryl methyl sites for hydroxylation is 2. The van der Waals surface area contributed by atoms with Gasteiger partial charge >= 0.3 is 0 Å². The van der Waals surface area contributed by atoms with E-state index in [1.165, 1.54) is 17.5 Å². The number of nitrogens with zero attached hydrogens (tertiary/aromatic N) is 1. The van der Waals surface area contributed by atoms with Gasteiger partial charge in [0, 0.05) is 13.1 Å². The van der Waals surface area contributed by atoms with E-state index in [0.717, 1.165) is 50.4 Å². The van der Waals surface area contributed by atoms with Crippen molar-refractivity contribution in [3.63, 3.8) is 0 Å². The molecule has 0 radical (unpaired) electrons. The quantitative estimate of drug-likeness (QED) is 0.832. The van der Waals surface area contributed by atoms with Crippen LogP contribution in [0.4, 0.5) is 0 Å². The maximum absolute atomic E-state index is 12.3. The summed E-state index contributed by atoms with van der Waals surface area (Å²) >= 11 is 1.75. The first-order valence-electron chi connectivity index (χ1n) is 8.69. The molecule has 0 saturated carbocycles. The van der Waals surface area contributed by atoms with Crippen LogP contribution >= 0.6 is 11.8 Å². The molecule has 0 aromatic heterocycles. The number of thioether (sulfide) groups is 1. The number of nitrogens with two attached hydrogens (primary N) is 1. The Morgan fingerprint density at radius 1 is 1.30 bits per heavy atom. The van der Waals surface area contributed by atoms with E-state index in [9.17, 15) is 4.79 Å². The Labute approximate surface area is 145 Å². The number of carbonyl (C=O) groups excluding carboxylic acids is 1. The lowest BCUT2D eigenvalue weighted by molar-refractivity contribution is -0.134. The summed E-state index contributed by atoms with van der Waals surface area (Å²) in [6, 6.07) is 8.53. The van der Waals surface area contributed by atoms with Gasteiger partial charge in [-0.1, -0.05) is 29.8 Å². The monoisotopic (exact) mass is 334 g/mol. The van der Waals surface area contributed by atoms with Crippen molar-refractivity contribution in [3.8, 4) is 0 Å². The van der Waals surface area contributed by atoms with Gasteiger partial charge in [0.1, 0.15) is 0 Å². The Kier molecular flexibility index (Phi) is 7.44. The SMILES string of the molecule is CSCC[C@H](N)C(=O)N1CCC(CCc2ccc(C)cc2)CC1. The molecule has 0 bridgehead atoms. The molecule has 0 aliphatic carbocycles. The number of amides is 1. The van der Waals surface area contributed by atoms with Crippen LogP contribution < -0.4 is 5.73 Å². The van der Waals surface area contributed by atoms with Crippen LogP contribution in [0.5, 0.6) is 0 Å². The molecular formula is C19H30N2OS. The van der Waals surface area contributed by atoms with Gasteiger partial charge in [-0.3, -0.25) is 4.79 Å². The van der Waals surface area contributed by atoms with Crippen LogP contribution in [0, 0.1) is 12.8 Å². The lowest BCUT2D eigenvalue weighted by atomic mass is 9.90. The van der Waals surface area contributed by atoms with Gasteiger partial charge in [0.2, 0.25) is 5.91 Å². The third-order valence-electron chi connectivity index (χ3n) is 4.84. The Balaban J connectivity index is 1.71. The summed E-state index contributed by atoms with van der Waals surface area (Å²) in [5.74, 6) is 1.85. The van der Waals surface area contributed by atoms with Crippen LogP contribution in [-0.4, -0.2) is 41.9 Å². The fourth-order valence-corrected chi connectivity index (χ4v) is 3.66. The van der Waals surface area contributed by atoms with Gasteiger partial charge in [-0.25, -0.2) is 0 Å². The highest BCUT2D eigenvalue weighted by atomic mass is 32.2. The third kappa shape index (κ3) is 5.85. The highest BCUT2D eigenvalue weighted by Crippen LogP contribution is 2.23. The van der Waals surface area contributed by atoms with Crippen LogP contribution in [0.3, 0.4) is 0 Å². The molecule has 0 unspecified atom stereocenters. The van der Waals surface area contributed by atoms with Crippen LogP contribution in [0.15, 0.2) is 24.3 Å². The Morgan fingerprint density at radius 2 is 1.96 bits per heavy atom. The summed E-state index contributed by atoms with van der Waals surface area (Å²) in [7, 11) is 0. The van der Waals surface area contributed by atoms with Crippen molar-refractivity contribution < 1.29 is 4.79 Å². The average Bonchev–Trinajstić information content (AvgIpc) is 2.59. The van der Waals surface area contributed by atoms with Crippen molar-refractivity contribution in [1.82, 2.24) is 4.90 Å². The number of hydrogen-bond donors (Lipinski definition) is 1. The largest absolute Gasteiger partial charge is 0.341 e. The van der Waals surface area contributed by atoms with E-state index in [-0.39, 0.29) is 11.9 Å². The smallest absolute Gasteiger partial charge is 0.239 e. The number of benzene rings is 1. The molecule has 3 nitrogen and oxygen atoms in total. The summed E-state index contributed by atoms with van der Waals surface area (Å²) in [5.41, 5.74) is 8.75. The van der Waals surface area contributed by atoms with E-state index in [0.29, 0.717) is 0 Å². The van der Waals surface area contributed by atoms with E-state index >= 15 is 0 Å². The molecule has 1 aliphatic heterocycles. The normalized spacial score (nSPS) is 17.3. The molecular weight excluding hydrogens is 304 g/mol. The van der Waals surface area contributed by atoms with Crippen molar-refractivity contribution in [2.75, 3.05) is 25.1 Å². The molecule has 128 valence electrons. The zero-order chi connectivity index (χ0) is 16.7. The first kappa shape index (κ1) is 18.3. The molecule has 1 aliphatic rings. The van der Waals surface area contributed by atoms with Crippen molar-refractivity contribution >= 4 is 17.7 Å². The van der Waals surface area contributed by atoms with Crippen LogP contribution in [0.1, 0.15) is 36.8 Å². The summed E-state index contributed by atoms with van der Waals surface area (Å²) in [5, 5.41) is 0. The standard InChI is InChI=1S/C19H30N2OS/c1-15-3-5-16(6-4-15)7-8-17-9-12-21(13-10-17)19(22)18(20)11-14-23-2/h3-6,17-18H,7-14,20H2,1-2H3/t18-/m0/s1. The zero-order valence-corrected chi connectivity index (χ0v) is 15.3. The molecule has 1 heterocycles. The number of carbonyl (C=O) groups is 1. The maximum atomic E-state index is 12.3. The molecule has 23 heavy (non-hydrogen) atoms. The molecule has 1 aromatic carbocycles. The summed E-state index contributed by atoms with van der Waals surface area (Å²) < 4.78 is 0.